The number of hydrogen-bond donors (Lipinski definition) is 1. The summed E-state index contributed by atoms with van der Waals surface area (Å²) in [6, 6.07) is 5.26. The highest BCUT2D eigenvalue weighted by atomic mass is 19.1. The summed E-state index contributed by atoms with van der Waals surface area (Å²) < 4.78 is 19.5. The maximum Gasteiger partial charge on any atom is 0.146 e. The van der Waals surface area contributed by atoms with Crippen LogP contribution in [-0.2, 0) is 11.3 Å². The molecule has 0 atom stereocenters. The molecule has 1 heterocycles. The molecule has 18 heavy (non-hydrogen) atoms. The Labute approximate surface area is 108 Å². The van der Waals surface area contributed by atoms with Crippen molar-refractivity contribution in [3.8, 4) is 0 Å². The molecule has 0 aliphatic carbocycles. The largest absolute Gasteiger partial charge is 0.378 e. The zero-order valence-corrected chi connectivity index (χ0v) is 10.9. The van der Waals surface area contributed by atoms with Crippen molar-refractivity contribution in [1.82, 2.24) is 0 Å². The van der Waals surface area contributed by atoms with Crippen molar-refractivity contribution < 1.29 is 9.13 Å². The van der Waals surface area contributed by atoms with Crippen LogP contribution in [0.4, 0.5) is 10.1 Å². The quantitative estimate of drug-likeness (QED) is 0.893. The minimum Gasteiger partial charge on any atom is -0.378 e. The predicted octanol–water partition coefficient (Wildman–Crippen LogP) is 2.29. The topological polar surface area (TPSA) is 38.5 Å². The molecule has 0 aromatic heterocycles. The predicted molar refractivity (Wildman–Crippen MR) is 71.2 cm³/mol. The van der Waals surface area contributed by atoms with Crippen LogP contribution < -0.4 is 10.6 Å². The lowest BCUT2D eigenvalue weighted by Crippen LogP contribution is -2.37. The van der Waals surface area contributed by atoms with Crippen LogP contribution in [0.25, 0.3) is 0 Å². The molecule has 0 spiro atoms. The first-order chi connectivity index (χ1) is 8.74. The first kappa shape index (κ1) is 13.3. The van der Waals surface area contributed by atoms with Crippen molar-refractivity contribution in [2.24, 2.45) is 5.73 Å². The lowest BCUT2D eigenvalue weighted by Gasteiger charge is -2.33. The fourth-order valence-corrected chi connectivity index (χ4v) is 2.43. The Morgan fingerprint density at radius 1 is 1.39 bits per heavy atom. The molecule has 1 aliphatic rings. The van der Waals surface area contributed by atoms with Crippen LogP contribution in [0.1, 0.15) is 25.3 Å². The molecule has 4 heteroatoms. The Bertz CT molecular complexity index is 389. The van der Waals surface area contributed by atoms with Crippen molar-refractivity contribution in [3.05, 3.63) is 29.6 Å². The number of benzene rings is 1. The second-order valence-electron chi connectivity index (χ2n) is 4.63. The van der Waals surface area contributed by atoms with Gasteiger partial charge in [0.1, 0.15) is 5.82 Å². The standard InChI is InChI=1S/C14H21FN2O/c1-2-18-12-5-7-17(8-6-12)14-4-3-11(10-16)9-13(14)15/h3-4,9,12H,2,5-8,10,16H2,1H3. The molecule has 2 N–H and O–H groups in total. The van der Waals surface area contributed by atoms with Crippen LogP contribution in [-0.4, -0.2) is 25.8 Å². The minimum atomic E-state index is -0.173. The highest BCUT2D eigenvalue weighted by Gasteiger charge is 2.21. The first-order valence-corrected chi connectivity index (χ1v) is 6.59. The van der Waals surface area contributed by atoms with Crippen molar-refractivity contribution in [1.29, 1.82) is 0 Å². The molecular weight excluding hydrogens is 231 g/mol. The minimum absolute atomic E-state index is 0.173. The molecule has 1 fully saturated rings. The Morgan fingerprint density at radius 3 is 2.67 bits per heavy atom. The SMILES string of the molecule is CCOC1CCN(c2ccc(CN)cc2F)CC1. The Balaban J connectivity index is 2.01. The van der Waals surface area contributed by atoms with E-state index < -0.39 is 0 Å². The smallest absolute Gasteiger partial charge is 0.146 e. The van der Waals surface area contributed by atoms with Gasteiger partial charge in [-0.15, -0.1) is 0 Å². The highest BCUT2D eigenvalue weighted by molar-refractivity contribution is 5.49. The molecule has 100 valence electrons. The van der Waals surface area contributed by atoms with Crippen LogP contribution >= 0.6 is 0 Å². The zero-order valence-electron chi connectivity index (χ0n) is 10.9. The third kappa shape index (κ3) is 3.00. The van der Waals surface area contributed by atoms with Gasteiger partial charge in [-0.25, -0.2) is 4.39 Å². The van der Waals surface area contributed by atoms with Gasteiger partial charge in [0.05, 0.1) is 11.8 Å². The second-order valence-corrected chi connectivity index (χ2v) is 4.63. The first-order valence-electron chi connectivity index (χ1n) is 6.59. The number of piperidine rings is 1. The zero-order chi connectivity index (χ0) is 13.0. The van der Waals surface area contributed by atoms with Gasteiger partial charge < -0.3 is 15.4 Å². The average Bonchev–Trinajstić information content (AvgIpc) is 2.40. The third-order valence-electron chi connectivity index (χ3n) is 3.43. The second kappa shape index (κ2) is 6.16. The van der Waals surface area contributed by atoms with Crippen molar-refractivity contribution in [3.63, 3.8) is 0 Å². The molecule has 2 rings (SSSR count). The monoisotopic (exact) mass is 252 g/mol. The van der Waals surface area contributed by atoms with E-state index in [0.717, 1.165) is 38.1 Å². The van der Waals surface area contributed by atoms with E-state index in [1.165, 1.54) is 6.07 Å². The van der Waals surface area contributed by atoms with Gasteiger partial charge in [-0.05, 0) is 37.5 Å². The Hall–Kier alpha value is -1.13. The highest BCUT2D eigenvalue weighted by Crippen LogP contribution is 2.25. The van der Waals surface area contributed by atoms with Crippen LogP contribution in [0, 0.1) is 5.82 Å². The van der Waals surface area contributed by atoms with Gasteiger partial charge in [0, 0.05) is 26.2 Å². The Morgan fingerprint density at radius 2 is 2.11 bits per heavy atom. The van der Waals surface area contributed by atoms with Gasteiger partial charge in [-0.2, -0.15) is 0 Å². The number of ether oxygens (including phenoxy) is 1. The van der Waals surface area contributed by atoms with E-state index in [-0.39, 0.29) is 5.82 Å². The van der Waals surface area contributed by atoms with Crippen LogP contribution in [0.3, 0.4) is 0 Å². The van der Waals surface area contributed by atoms with Gasteiger partial charge >= 0.3 is 0 Å². The number of nitrogens with zero attached hydrogens (tertiary/aromatic N) is 1. The molecule has 1 saturated heterocycles. The summed E-state index contributed by atoms with van der Waals surface area (Å²) in [5.74, 6) is -0.173. The van der Waals surface area contributed by atoms with E-state index in [1.807, 2.05) is 19.1 Å². The number of rotatable bonds is 4. The lowest BCUT2D eigenvalue weighted by atomic mass is 10.1. The fourth-order valence-electron chi connectivity index (χ4n) is 2.43. The number of halogens is 1. The third-order valence-corrected chi connectivity index (χ3v) is 3.43. The normalized spacial score (nSPS) is 17.2. The molecule has 0 bridgehead atoms. The van der Waals surface area contributed by atoms with Crippen molar-refractivity contribution in [2.75, 3.05) is 24.6 Å². The molecule has 1 aromatic rings. The van der Waals surface area contributed by atoms with E-state index in [0.29, 0.717) is 18.3 Å². The fraction of sp³-hybridized carbons (Fsp3) is 0.571. The van der Waals surface area contributed by atoms with E-state index in [9.17, 15) is 4.39 Å². The van der Waals surface area contributed by atoms with Gasteiger partial charge in [0.25, 0.3) is 0 Å². The summed E-state index contributed by atoms with van der Waals surface area (Å²) in [6.45, 7) is 4.85. The maximum absolute atomic E-state index is 13.9. The van der Waals surface area contributed by atoms with Crippen molar-refractivity contribution >= 4 is 5.69 Å². The van der Waals surface area contributed by atoms with E-state index >= 15 is 0 Å². The van der Waals surface area contributed by atoms with Crippen LogP contribution in [0.2, 0.25) is 0 Å². The van der Waals surface area contributed by atoms with Crippen molar-refractivity contribution in [2.45, 2.75) is 32.4 Å². The molecule has 3 nitrogen and oxygen atoms in total. The summed E-state index contributed by atoms with van der Waals surface area (Å²) in [7, 11) is 0. The number of nitrogens with two attached hydrogens (primary N) is 1. The molecule has 0 unspecified atom stereocenters. The van der Waals surface area contributed by atoms with Gasteiger partial charge in [0.2, 0.25) is 0 Å². The average molecular weight is 252 g/mol. The summed E-state index contributed by atoms with van der Waals surface area (Å²) in [5.41, 5.74) is 7.02. The molecule has 0 radical (unpaired) electrons. The maximum atomic E-state index is 13.9. The Kier molecular flexibility index (Phi) is 4.55. The van der Waals surface area contributed by atoms with Gasteiger partial charge in [-0.3, -0.25) is 0 Å². The lowest BCUT2D eigenvalue weighted by molar-refractivity contribution is 0.0458. The van der Waals surface area contributed by atoms with Gasteiger partial charge in [0.15, 0.2) is 0 Å². The molecular formula is C14H21FN2O. The molecule has 1 aromatic carbocycles. The number of anilines is 1. The van der Waals surface area contributed by atoms with E-state index in [4.69, 9.17) is 10.5 Å². The number of hydrogen-bond acceptors (Lipinski definition) is 3. The summed E-state index contributed by atoms with van der Waals surface area (Å²) in [4.78, 5) is 2.09. The van der Waals surface area contributed by atoms with E-state index in [1.54, 1.807) is 0 Å². The summed E-state index contributed by atoms with van der Waals surface area (Å²) >= 11 is 0. The van der Waals surface area contributed by atoms with Crippen LogP contribution in [0.15, 0.2) is 18.2 Å². The molecule has 0 amide bonds. The molecule has 1 aliphatic heterocycles. The van der Waals surface area contributed by atoms with E-state index in [2.05, 4.69) is 4.90 Å². The summed E-state index contributed by atoms with van der Waals surface area (Å²) in [5, 5.41) is 0. The van der Waals surface area contributed by atoms with Crippen LogP contribution in [0.5, 0.6) is 0 Å². The molecule has 0 saturated carbocycles. The summed E-state index contributed by atoms with van der Waals surface area (Å²) in [6.07, 6.45) is 2.26. The van der Waals surface area contributed by atoms with Gasteiger partial charge in [-0.1, -0.05) is 6.07 Å².